The summed E-state index contributed by atoms with van der Waals surface area (Å²) in [4.78, 5) is 28.3. The van der Waals surface area contributed by atoms with E-state index in [-0.39, 0.29) is 25.0 Å². The molecule has 128 valence electrons. The van der Waals surface area contributed by atoms with Gasteiger partial charge in [-0.05, 0) is 36.1 Å². The number of hydrogen-bond acceptors (Lipinski definition) is 4. The molecule has 1 aliphatic heterocycles. The number of benzene rings is 1. The van der Waals surface area contributed by atoms with Gasteiger partial charge in [-0.1, -0.05) is 17.2 Å². The minimum Gasteiger partial charge on any atom is -0.399 e. The zero-order valence-corrected chi connectivity index (χ0v) is 13.3. The third-order valence-electron chi connectivity index (χ3n) is 3.89. The Kier molecular flexibility index (Phi) is 6.27. The van der Waals surface area contributed by atoms with Crippen molar-refractivity contribution < 1.29 is 9.59 Å². The van der Waals surface area contributed by atoms with Crippen LogP contribution >= 0.6 is 0 Å². The number of amides is 3. The summed E-state index contributed by atoms with van der Waals surface area (Å²) < 4.78 is 0. The van der Waals surface area contributed by atoms with E-state index in [0.29, 0.717) is 18.8 Å². The van der Waals surface area contributed by atoms with Gasteiger partial charge in [0.15, 0.2) is 0 Å². The minimum atomic E-state index is -0.411. The normalized spacial score (nSPS) is 16.3. The van der Waals surface area contributed by atoms with Gasteiger partial charge in [0, 0.05) is 36.3 Å². The highest BCUT2D eigenvalue weighted by Gasteiger charge is 2.27. The number of nitrogen functional groups attached to an aromatic ring is 1. The molecule has 1 heterocycles. The Morgan fingerprint density at radius 1 is 1.33 bits per heavy atom. The van der Waals surface area contributed by atoms with Crippen LogP contribution in [0.4, 0.5) is 10.5 Å². The molecule has 1 aliphatic rings. The van der Waals surface area contributed by atoms with Crippen molar-refractivity contribution in [3.05, 3.63) is 40.3 Å². The predicted octanol–water partition coefficient (Wildman–Crippen LogP) is 1.37. The highest BCUT2D eigenvalue weighted by atomic mass is 16.2. The molecular formula is C15H21N7O2. The predicted molar refractivity (Wildman–Crippen MR) is 89.8 cm³/mol. The first-order valence-electron chi connectivity index (χ1n) is 7.76. The topological polar surface area (TPSA) is 136 Å². The summed E-state index contributed by atoms with van der Waals surface area (Å²) in [6.07, 6.45) is 1.69. The number of azide groups is 1. The number of nitrogens with zero attached hydrogens (tertiary/aromatic N) is 4. The number of nitrogens with two attached hydrogens (primary N) is 1. The van der Waals surface area contributed by atoms with Gasteiger partial charge < -0.3 is 21.3 Å². The lowest BCUT2D eigenvalue weighted by Gasteiger charge is -2.23. The van der Waals surface area contributed by atoms with Crippen LogP contribution < -0.4 is 16.4 Å². The van der Waals surface area contributed by atoms with Gasteiger partial charge in [-0.15, -0.1) is 0 Å². The van der Waals surface area contributed by atoms with Gasteiger partial charge in [-0.25, -0.2) is 4.79 Å². The average Bonchev–Trinajstić information content (AvgIpc) is 3.06. The molecule has 0 bridgehead atoms. The summed E-state index contributed by atoms with van der Waals surface area (Å²) in [5.41, 5.74) is 15.6. The van der Waals surface area contributed by atoms with Crippen molar-refractivity contribution in [1.82, 2.24) is 15.5 Å². The monoisotopic (exact) mass is 331 g/mol. The SMILES string of the molecule is [N-]=[N+]=NC[C@H]1CCCN1C(=O)CNC(=O)NCc1ccc(N)cc1. The van der Waals surface area contributed by atoms with Crippen molar-refractivity contribution >= 4 is 17.6 Å². The number of rotatable bonds is 6. The molecular weight excluding hydrogens is 310 g/mol. The van der Waals surface area contributed by atoms with Gasteiger partial charge in [-0.3, -0.25) is 4.79 Å². The van der Waals surface area contributed by atoms with Crippen molar-refractivity contribution in [3.8, 4) is 0 Å². The van der Waals surface area contributed by atoms with E-state index in [9.17, 15) is 9.59 Å². The van der Waals surface area contributed by atoms with Crippen LogP contribution in [0.25, 0.3) is 10.4 Å². The Hall–Kier alpha value is -2.93. The second-order valence-corrected chi connectivity index (χ2v) is 5.57. The van der Waals surface area contributed by atoms with Crippen LogP contribution in [0.5, 0.6) is 0 Å². The van der Waals surface area contributed by atoms with E-state index in [0.717, 1.165) is 18.4 Å². The lowest BCUT2D eigenvalue weighted by atomic mass is 10.2. The van der Waals surface area contributed by atoms with E-state index >= 15 is 0 Å². The zero-order chi connectivity index (χ0) is 17.4. The quantitative estimate of drug-likeness (QED) is 0.314. The third-order valence-corrected chi connectivity index (χ3v) is 3.89. The maximum atomic E-state index is 12.2. The van der Waals surface area contributed by atoms with Crippen LogP contribution in [-0.2, 0) is 11.3 Å². The Labute approximate surface area is 139 Å². The zero-order valence-electron chi connectivity index (χ0n) is 13.3. The van der Waals surface area contributed by atoms with Crippen LogP contribution in [0.15, 0.2) is 29.4 Å². The van der Waals surface area contributed by atoms with E-state index < -0.39 is 6.03 Å². The number of carbonyl (C=O) groups excluding carboxylic acids is 2. The Morgan fingerprint density at radius 3 is 2.79 bits per heavy atom. The molecule has 9 heteroatoms. The van der Waals surface area contributed by atoms with E-state index in [1.54, 1.807) is 17.0 Å². The summed E-state index contributed by atoms with van der Waals surface area (Å²) in [5.74, 6) is -0.173. The average molecular weight is 331 g/mol. The van der Waals surface area contributed by atoms with Crippen LogP contribution in [0.3, 0.4) is 0 Å². The van der Waals surface area contributed by atoms with Crippen LogP contribution in [0.2, 0.25) is 0 Å². The fraction of sp³-hybridized carbons (Fsp3) is 0.467. The molecule has 24 heavy (non-hydrogen) atoms. The molecule has 1 fully saturated rings. The fourth-order valence-corrected chi connectivity index (χ4v) is 2.62. The lowest BCUT2D eigenvalue weighted by molar-refractivity contribution is -0.130. The largest absolute Gasteiger partial charge is 0.399 e. The number of anilines is 1. The summed E-state index contributed by atoms with van der Waals surface area (Å²) in [7, 11) is 0. The Balaban J connectivity index is 1.73. The minimum absolute atomic E-state index is 0.0759. The standard InChI is InChI=1S/C15H21N7O2/c16-12-5-3-11(4-6-12)8-18-15(24)19-10-14(23)22-7-1-2-13(22)9-20-21-17/h3-6,13H,1-2,7-10,16H2,(H2,18,19,24)/t13-/m1/s1. The van der Waals surface area contributed by atoms with Gasteiger partial charge in [-0.2, -0.15) is 0 Å². The van der Waals surface area contributed by atoms with Crippen molar-refractivity contribution in [2.45, 2.75) is 25.4 Å². The first-order chi connectivity index (χ1) is 11.6. The number of likely N-dealkylation sites (tertiary alicyclic amines) is 1. The lowest BCUT2D eigenvalue weighted by Crippen LogP contribution is -2.45. The van der Waals surface area contributed by atoms with Gasteiger partial charge >= 0.3 is 6.03 Å². The summed E-state index contributed by atoms with van der Waals surface area (Å²) in [5, 5.41) is 8.76. The highest BCUT2D eigenvalue weighted by molar-refractivity contribution is 5.84. The first-order valence-corrected chi connectivity index (χ1v) is 7.76. The Morgan fingerprint density at radius 2 is 2.08 bits per heavy atom. The molecule has 0 aromatic heterocycles. The summed E-state index contributed by atoms with van der Waals surface area (Å²) in [6, 6.07) is 6.68. The molecule has 1 atom stereocenters. The first kappa shape index (κ1) is 17.4. The maximum Gasteiger partial charge on any atom is 0.315 e. The fourth-order valence-electron chi connectivity index (χ4n) is 2.62. The van der Waals surface area contributed by atoms with Crippen LogP contribution in [0, 0.1) is 0 Å². The summed E-state index contributed by atoms with van der Waals surface area (Å²) in [6.45, 7) is 1.16. The maximum absolute atomic E-state index is 12.2. The molecule has 0 aliphatic carbocycles. The molecule has 4 N–H and O–H groups in total. The number of hydrogen-bond donors (Lipinski definition) is 3. The summed E-state index contributed by atoms with van der Waals surface area (Å²) >= 11 is 0. The number of carbonyl (C=O) groups is 2. The van der Waals surface area contributed by atoms with Gasteiger partial charge in [0.2, 0.25) is 5.91 Å². The van der Waals surface area contributed by atoms with E-state index in [1.165, 1.54) is 0 Å². The molecule has 9 nitrogen and oxygen atoms in total. The molecule has 3 amide bonds. The number of urea groups is 1. The van der Waals surface area contributed by atoms with Crippen molar-refractivity contribution in [1.29, 1.82) is 0 Å². The van der Waals surface area contributed by atoms with Gasteiger partial charge in [0.25, 0.3) is 0 Å². The molecule has 2 rings (SSSR count). The van der Waals surface area contributed by atoms with Gasteiger partial charge in [0.05, 0.1) is 6.54 Å². The molecule has 0 spiro atoms. The van der Waals surface area contributed by atoms with E-state index in [4.69, 9.17) is 11.3 Å². The van der Waals surface area contributed by atoms with Crippen molar-refractivity contribution in [3.63, 3.8) is 0 Å². The smallest absolute Gasteiger partial charge is 0.315 e. The van der Waals surface area contributed by atoms with E-state index in [2.05, 4.69) is 20.7 Å². The molecule has 0 saturated carbocycles. The van der Waals surface area contributed by atoms with Crippen molar-refractivity contribution in [2.24, 2.45) is 5.11 Å². The van der Waals surface area contributed by atoms with Crippen LogP contribution in [0.1, 0.15) is 18.4 Å². The Bertz CT molecular complexity index is 625. The van der Waals surface area contributed by atoms with Crippen LogP contribution in [-0.4, -0.2) is 42.5 Å². The van der Waals surface area contributed by atoms with Gasteiger partial charge in [0.1, 0.15) is 0 Å². The molecule has 1 aromatic carbocycles. The molecule has 0 unspecified atom stereocenters. The molecule has 1 saturated heterocycles. The second-order valence-electron chi connectivity index (χ2n) is 5.57. The highest BCUT2D eigenvalue weighted by Crippen LogP contribution is 2.17. The van der Waals surface area contributed by atoms with Crippen molar-refractivity contribution in [2.75, 3.05) is 25.4 Å². The second kappa shape index (κ2) is 8.64. The third kappa shape index (κ3) is 5.06. The molecule has 0 radical (unpaired) electrons. The van der Waals surface area contributed by atoms with E-state index in [1.807, 2.05) is 12.1 Å². The molecule has 1 aromatic rings. The number of nitrogens with one attached hydrogen (secondary N) is 2.